The second kappa shape index (κ2) is 3.93. The van der Waals surface area contributed by atoms with Crippen LogP contribution in [0.1, 0.15) is 17.3 Å². The number of carbonyl (C=O) groups excluding carboxylic acids is 1. The van der Waals surface area contributed by atoms with Crippen LogP contribution in [0.5, 0.6) is 11.5 Å². The first-order chi connectivity index (χ1) is 8.02. The molecule has 1 N–H and O–H groups in total. The molecule has 0 unspecified atom stereocenters. The predicted octanol–water partition coefficient (Wildman–Crippen LogP) is 1.71. The van der Waals surface area contributed by atoms with Crippen LogP contribution in [0.2, 0.25) is 0 Å². The van der Waals surface area contributed by atoms with Gasteiger partial charge in [0.2, 0.25) is 0 Å². The number of ether oxygens (including phenoxy) is 1. The molecule has 88 valence electrons. The molecule has 2 aromatic rings. The highest BCUT2D eigenvalue weighted by Crippen LogP contribution is 2.30. The van der Waals surface area contributed by atoms with Crippen LogP contribution in [0.15, 0.2) is 27.4 Å². The molecule has 17 heavy (non-hydrogen) atoms. The van der Waals surface area contributed by atoms with Crippen molar-refractivity contribution in [1.82, 2.24) is 0 Å². The van der Waals surface area contributed by atoms with Gasteiger partial charge in [0.25, 0.3) is 0 Å². The minimum atomic E-state index is -0.724. The van der Waals surface area contributed by atoms with Crippen molar-refractivity contribution in [3.05, 3.63) is 34.2 Å². The minimum absolute atomic E-state index is 0.0403. The van der Waals surface area contributed by atoms with Crippen molar-refractivity contribution >= 4 is 16.8 Å². The Bertz CT molecular complexity index is 654. The number of phenolic OH excluding ortho intramolecular Hbond substituents is 1. The molecule has 0 spiro atoms. The summed E-state index contributed by atoms with van der Waals surface area (Å²) in [5.74, 6) is -0.116. The Labute approximate surface area is 96.2 Å². The van der Waals surface area contributed by atoms with E-state index in [0.29, 0.717) is 11.1 Å². The van der Waals surface area contributed by atoms with Crippen LogP contribution in [-0.2, 0) is 0 Å². The van der Waals surface area contributed by atoms with Gasteiger partial charge in [0, 0.05) is 12.1 Å². The van der Waals surface area contributed by atoms with Gasteiger partial charge in [0.1, 0.15) is 22.6 Å². The SMILES string of the molecule is COc1cc(O)cc2oc(=O)c(C(C)=O)cc12. The van der Waals surface area contributed by atoms with Gasteiger partial charge in [-0.3, -0.25) is 4.79 Å². The molecular formula is C12H10O5. The summed E-state index contributed by atoms with van der Waals surface area (Å²) in [4.78, 5) is 22.7. The smallest absolute Gasteiger partial charge is 0.347 e. The first-order valence-corrected chi connectivity index (χ1v) is 4.88. The van der Waals surface area contributed by atoms with Crippen molar-refractivity contribution in [3.63, 3.8) is 0 Å². The lowest BCUT2D eigenvalue weighted by Crippen LogP contribution is -2.11. The summed E-state index contributed by atoms with van der Waals surface area (Å²) in [5.41, 5.74) is -0.587. The van der Waals surface area contributed by atoms with E-state index >= 15 is 0 Å². The number of ketones is 1. The minimum Gasteiger partial charge on any atom is -0.508 e. The van der Waals surface area contributed by atoms with Gasteiger partial charge >= 0.3 is 5.63 Å². The molecule has 0 radical (unpaired) electrons. The van der Waals surface area contributed by atoms with Crippen molar-refractivity contribution in [2.75, 3.05) is 7.11 Å². The second-order valence-corrected chi connectivity index (χ2v) is 3.56. The molecule has 0 atom stereocenters. The zero-order chi connectivity index (χ0) is 12.6. The van der Waals surface area contributed by atoms with E-state index in [0.717, 1.165) is 0 Å². The summed E-state index contributed by atoms with van der Waals surface area (Å²) in [5, 5.41) is 9.87. The van der Waals surface area contributed by atoms with Crippen molar-refractivity contribution in [3.8, 4) is 11.5 Å². The van der Waals surface area contributed by atoms with Crippen LogP contribution < -0.4 is 10.4 Å². The summed E-state index contributed by atoms with van der Waals surface area (Å²) in [6, 6.07) is 4.08. The Morgan fingerprint density at radius 3 is 2.65 bits per heavy atom. The van der Waals surface area contributed by atoms with Gasteiger partial charge in [0.15, 0.2) is 5.78 Å². The van der Waals surface area contributed by atoms with E-state index < -0.39 is 5.63 Å². The lowest BCUT2D eigenvalue weighted by molar-refractivity contribution is 0.101. The standard InChI is InChI=1S/C12H10O5/c1-6(13)8-5-9-10(16-2)3-7(14)4-11(9)17-12(8)15/h3-5,14H,1-2H3. The molecule has 1 aromatic carbocycles. The monoisotopic (exact) mass is 234 g/mol. The number of rotatable bonds is 2. The van der Waals surface area contributed by atoms with Gasteiger partial charge < -0.3 is 14.3 Å². The number of aromatic hydroxyl groups is 1. The molecule has 0 saturated carbocycles. The second-order valence-electron chi connectivity index (χ2n) is 3.56. The third-order valence-electron chi connectivity index (χ3n) is 2.40. The van der Waals surface area contributed by atoms with Crippen LogP contribution in [0, 0.1) is 0 Å². The van der Waals surface area contributed by atoms with E-state index in [4.69, 9.17) is 9.15 Å². The number of benzene rings is 1. The van der Waals surface area contributed by atoms with Crippen molar-refractivity contribution < 1.29 is 19.1 Å². The first-order valence-electron chi connectivity index (χ1n) is 4.88. The maximum atomic E-state index is 11.5. The Kier molecular flexibility index (Phi) is 2.59. The fourth-order valence-electron chi connectivity index (χ4n) is 1.59. The average Bonchev–Trinajstić information content (AvgIpc) is 2.26. The van der Waals surface area contributed by atoms with Gasteiger partial charge in [-0.1, -0.05) is 0 Å². The van der Waals surface area contributed by atoms with Crippen LogP contribution in [0.4, 0.5) is 0 Å². The van der Waals surface area contributed by atoms with Crippen molar-refractivity contribution in [1.29, 1.82) is 0 Å². The zero-order valence-corrected chi connectivity index (χ0v) is 9.31. The summed E-state index contributed by atoms with van der Waals surface area (Å²) in [6.45, 7) is 1.28. The number of fused-ring (bicyclic) bond motifs is 1. The van der Waals surface area contributed by atoms with Gasteiger partial charge in [-0.25, -0.2) is 4.79 Å². The van der Waals surface area contributed by atoms with Crippen LogP contribution in [0.3, 0.4) is 0 Å². The average molecular weight is 234 g/mol. The molecule has 1 heterocycles. The third-order valence-corrected chi connectivity index (χ3v) is 2.40. The molecule has 0 bridgehead atoms. The molecule has 0 aliphatic carbocycles. The maximum absolute atomic E-state index is 11.5. The number of methoxy groups -OCH3 is 1. The zero-order valence-electron chi connectivity index (χ0n) is 9.31. The topological polar surface area (TPSA) is 76.7 Å². The van der Waals surface area contributed by atoms with Gasteiger partial charge in [-0.2, -0.15) is 0 Å². The van der Waals surface area contributed by atoms with Gasteiger partial charge in [0.05, 0.1) is 12.5 Å². The molecule has 5 heteroatoms. The molecule has 5 nitrogen and oxygen atoms in total. The molecule has 1 aromatic heterocycles. The Morgan fingerprint density at radius 1 is 1.35 bits per heavy atom. The number of Topliss-reactive ketones (excluding diaryl/α,β-unsaturated/α-hetero) is 1. The summed E-state index contributed by atoms with van der Waals surface area (Å²) in [6.07, 6.45) is 0. The summed E-state index contributed by atoms with van der Waals surface area (Å²) in [7, 11) is 1.42. The van der Waals surface area contributed by atoms with E-state index in [9.17, 15) is 14.7 Å². The number of hydrogen-bond acceptors (Lipinski definition) is 5. The van der Waals surface area contributed by atoms with E-state index in [-0.39, 0.29) is 22.7 Å². The van der Waals surface area contributed by atoms with Gasteiger partial charge in [-0.05, 0) is 13.0 Å². The predicted molar refractivity (Wildman–Crippen MR) is 60.7 cm³/mol. The fourth-order valence-corrected chi connectivity index (χ4v) is 1.59. The highest BCUT2D eigenvalue weighted by molar-refractivity contribution is 5.97. The van der Waals surface area contributed by atoms with Crippen molar-refractivity contribution in [2.45, 2.75) is 6.92 Å². The highest BCUT2D eigenvalue weighted by Gasteiger charge is 2.13. The first kappa shape index (κ1) is 11.2. The highest BCUT2D eigenvalue weighted by atomic mass is 16.5. The van der Waals surface area contributed by atoms with E-state index in [2.05, 4.69) is 0 Å². The van der Waals surface area contributed by atoms with Crippen LogP contribution in [0.25, 0.3) is 11.0 Å². The Morgan fingerprint density at radius 2 is 2.06 bits per heavy atom. The van der Waals surface area contributed by atoms with E-state index in [1.54, 1.807) is 0 Å². The molecular weight excluding hydrogens is 224 g/mol. The largest absolute Gasteiger partial charge is 0.508 e. The summed E-state index contributed by atoms with van der Waals surface area (Å²) < 4.78 is 10.0. The lowest BCUT2D eigenvalue weighted by Gasteiger charge is -2.06. The molecule has 0 saturated heterocycles. The Hall–Kier alpha value is -2.30. The Balaban J connectivity index is 2.88. The third kappa shape index (κ3) is 1.87. The molecule has 0 amide bonds. The molecule has 0 fully saturated rings. The van der Waals surface area contributed by atoms with Crippen molar-refractivity contribution in [2.24, 2.45) is 0 Å². The lowest BCUT2D eigenvalue weighted by atomic mass is 10.1. The normalized spacial score (nSPS) is 10.5. The molecule has 2 rings (SSSR count). The number of phenols is 1. The quantitative estimate of drug-likeness (QED) is 0.632. The summed E-state index contributed by atoms with van der Waals surface area (Å²) >= 11 is 0. The number of hydrogen-bond donors (Lipinski definition) is 1. The molecule has 0 aliphatic heterocycles. The molecule has 0 aliphatic rings. The maximum Gasteiger partial charge on any atom is 0.347 e. The number of carbonyl (C=O) groups is 1. The van der Waals surface area contributed by atoms with Crippen LogP contribution >= 0.6 is 0 Å². The van der Waals surface area contributed by atoms with E-state index in [1.165, 1.54) is 32.2 Å². The van der Waals surface area contributed by atoms with Gasteiger partial charge in [-0.15, -0.1) is 0 Å². The van der Waals surface area contributed by atoms with E-state index in [1.807, 2.05) is 0 Å². The fraction of sp³-hybridized carbons (Fsp3) is 0.167. The van der Waals surface area contributed by atoms with Crippen LogP contribution in [-0.4, -0.2) is 18.0 Å².